The number of rotatable bonds is 6. The molecule has 3 nitrogen and oxygen atoms in total. The number of anilines is 1. The molecule has 2 rings (SSSR count). The Kier molecular flexibility index (Phi) is 4.63. The van der Waals surface area contributed by atoms with E-state index >= 15 is 0 Å². The molecule has 0 bridgehead atoms. The van der Waals surface area contributed by atoms with Crippen molar-refractivity contribution in [1.29, 1.82) is 0 Å². The van der Waals surface area contributed by atoms with Crippen molar-refractivity contribution < 1.29 is 4.42 Å². The molecule has 1 aromatic heterocycles. The maximum atomic E-state index is 5.84. The first kappa shape index (κ1) is 13.7. The van der Waals surface area contributed by atoms with Crippen LogP contribution in [0, 0.1) is 6.92 Å². The average Bonchev–Trinajstić information content (AvgIpc) is 2.78. The predicted octanol–water partition coefficient (Wildman–Crippen LogP) is 3.33. The molecule has 19 heavy (non-hydrogen) atoms. The number of aryl methyl sites for hydroxylation is 1. The molecule has 0 spiro atoms. The third-order valence-electron chi connectivity index (χ3n) is 3.29. The van der Waals surface area contributed by atoms with E-state index in [0.29, 0.717) is 0 Å². The fraction of sp³-hybridized carbons (Fsp3) is 0.375. The summed E-state index contributed by atoms with van der Waals surface area (Å²) in [6.07, 6.45) is 0. The van der Waals surface area contributed by atoms with E-state index in [0.717, 1.165) is 31.2 Å². The van der Waals surface area contributed by atoms with Crippen molar-refractivity contribution in [2.45, 2.75) is 26.9 Å². The summed E-state index contributed by atoms with van der Waals surface area (Å²) in [5.41, 5.74) is 2.47. The molecular formula is C16H22N2O. The van der Waals surface area contributed by atoms with Gasteiger partial charge in [-0.3, -0.25) is 0 Å². The van der Waals surface area contributed by atoms with Gasteiger partial charge in [0.25, 0.3) is 0 Å². The van der Waals surface area contributed by atoms with Crippen LogP contribution in [0.25, 0.3) is 0 Å². The van der Waals surface area contributed by atoms with Crippen molar-refractivity contribution >= 4 is 5.69 Å². The Morgan fingerprint density at radius 2 is 1.95 bits per heavy atom. The number of furan rings is 1. The van der Waals surface area contributed by atoms with Crippen LogP contribution < -0.4 is 10.2 Å². The van der Waals surface area contributed by atoms with E-state index in [1.807, 2.05) is 20.0 Å². The molecule has 0 unspecified atom stereocenters. The van der Waals surface area contributed by atoms with Crippen molar-refractivity contribution in [3.05, 3.63) is 53.5 Å². The van der Waals surface area contributed by atoms with Crippen LogP contribution in [0.5, 0.6) is 0 Å². The molecule has 2 aromatic rings. The monoisotopic (exact) mass is 258 g/mol. The Hall–Kier alpha value is -1.74. The second-order valence-electron chi connectivity index (χ2n) is 4.67. The highest BCUT2D eigenvalue weighted by atomic mass is 16.3. The molecule has 0 radical (unpaired) electrons. The summed E-state index contributed by atoms with van der Waals surface area (Å²) < 4.78 is 5.84. The average molecular weight is 258 g/mol. The lowest BCUT2D eigenvalue weighted by molar-refractivity contribution is 0.475. The third-order valence-corrected chi connectivity index (χ3v) is 3.29. The van der Waals surface area contributed by atoms with Gasteiger partial charge in [-0.25, -0.2) is 0 Å². The van der Waals surface area contributed by atoms with Crippen LogP contribution in [-0.2, 0) is 13.1 Å². The molecule has 0 aliphatic carbocycles. The van der Waals surface area contributed by atoms with Gasteiger partial charge in [-0.05, 0) is 39.1 Å². The standard InChI is InChI=1S/C16H22N2O/c1-4-18(15-8-6-5-7-9-15)12-16-10-14(11-17-3)13(2)19-16/h5-10,17H,4,11-12H2,1-3H3. The zero-order chi connectivity index (χ0) is 13.7. The Balaban J connectivity index is 2.12. The summed E-state index contributed by atoms with van der Waals surface area (Å²) in [6, 6.07) is 12.6. The molecule has 1 heterocycles. The molecule has 0 saturated carbocycles. The number of hydrogen-bond donors (Lipinski definition) is 1. The lowest BCUT2D eigenvalue weighted by atomic mass is 10.2. The molecule has 0 atom stereocenters. The second-order valence-corrected chi connectivity index (χ2v) is 4.67. The lowest BCUT2D eigenvalue weighted by Crippen LogP contribution is -2.21. The molecule has 3 heteroatoms. The van der Waals surface area contributed by atoms with Crippen LogP contribution in [0.3, 0.4) is 0 Å². The van der Waals surface area contributed by atoms with Crippen LogP contribution in [0.15, 0.2) is 40.8 Å². The third kappa shape index (κ3) is 3.38. The molecule has 1 N–H and O–H groups in total. The first-order valence-electron chi connectivity index (χ1n) is 6.77. The van der Waals surface area contributed by atoms with E-state index in [2.05, 4.69) is 47.5 Å². The van der Waals surface area contributed by atoms with Crippen molar-refractivity contribution in [1.82, 2.24) is 5.32 Å². The van der Waals surface area contributed by atoms with Crippen LogP contribution in [-0.4, -0.2) is 13.6 Å². The Morgan fingerprint density at radius 1 is 1.21 bits per heavy atom. The Labute approximate surface area is 115 Å². The summed E-state index contributed by atoms with van der Waals surface area (Å²) in [5, 5.41) is 3.16. The first-order chi connectivity index (χ1) is 9.24. The highest BCUT2D eigenvalue weighted by Gasteiger charge is 2.10. The summed E-state index contributed by atoms with van der Waals surface area (Å²) in [5.74, 6) is 2.03. The fourth-order valence-corrected chi connectivity index (χ4v) is 2.24. The Morgan fingerprint density at radius 3 is 2.58 bits per heavy atom. The molecule has 1 aromatic carbocycles. The van der Waals surface area contributed by atoms with Gasteiger partial charge in [0.15, 0.2) is 0 Å². The second kappa shape index (κ2) is 6.43. The maximum Gasteiger partial charge on any atom is 0.123 e. The molecule has 102 valence electrons. The quantitative estimate of drug-likeness (QED) is 0.861. The summed E-state index contributed by atoms with van der Waals surface area (Å²) >= 11 is 0. The lowest BCUT2D eigenvalue weighted by Gasteiger charge is -2.21. The predicted molar refractivity (Wildman–Crippen MR) is 79.4 cm³/mol. The van der Waals surface area contributed by atoms with Crippen molar-refractivity contribution in [2.75, 3.05) is 18.5 Å². The van der Waals surface area contributed by atoms with Gasteiger partial charge in [0.05, 0.1) is 6.54 Å². The van der Waals surface area contributed by atoms with Crippen LogP contribution >= 0.6 is 0 Å². The summed E-state index contributed by atoms with van der Waals surface area (Å²) in [6.45, 7) is 6.81. The Bertz CT molecular complexity index is 505. The van der Waals surface area contributed by atoms with Crippen LogP contribution in [0.4, 0.5) is 5.69 Å². The van der Waals surface area contributed by atoms with Gasteiger partial charge in [-0.15, -0.1) is 0 Å². The van der Waals surface area contributed by atoms with Crippen LogP contribution in [0.2, 0.25) is 0 Å². The highest BCUT2D eigenvalue weighted by Crippen LogP contribution is 2.20. The van der Waals surface area contributed by atoms with Crippen molar-refractivity contribution in [3.8, 4) is 0 Å². The zero-order valence-corrected chi connectivity index (χ0v) is 11.9. The van der Waals surface area contributed by atoms with Crippen LogP contribution in [0.1, 0.15) is 24.0 Å². The molecule has 0 aliphatic rings. The van der Waals surface area contributed by atoms with Gasteiger partial charge in [0, 0.05) is 24.3 Å². The number of nitrogens with one attached hydrogen (secondary N) is 1. The van der Waals surface area contributed by atoms with Crippen molar-refractivity contribution in [2.24, 2.45) is 0 Å². The number of para-hydroxylation sites is 1. The number of benzene rings is 1. The van der Waals surface area contributed by atoms with E-state index in [4.69, 9.17) is 4.42 Å². The number of hydrogen-bond acceptors (Lipinski definition) is 3. The van der Waals surface area contributed by atoms with E-state index < -0.39 is 0 Å². The van der Waals surface area contributed by atoms with Crippen molar-refractivity contribution in [3.63, 3.8) is 0 Å². The van der Waals surface area contributed by atoms with E-state index in [1.165, 1.54) is 11.3 Å². The van der Waals surface area contributed by atoms with Gasteiger partial charge in [-0.2, -0.15) is 0 Å². The normalized spacial score (nSPS) is 10.7. The fourth-order valence-electron chi connectivity index (χ4n) is 2.24. The molecule has 0 aliphatic heterocycles. The minimum Gasteiger partial charge on any atom is -0.464 e. The molecule has 0 amide bonds. The maximum absolute atomic E-state index is 5.84. The largest absolute Gasteiger partial charge is 0.464 e. The first-order valence-corrected chi connectivity index (χ1v) is 6.77. The van der Waals surface area contributed by atoms with E-state index in [9.17, 15) is 0 Å². The van der Waals surface area contributed by atoms with Gasteiger partial charge < -0.3 is 14.6 Å². The van der Waals surface area contributed by atoms with E-state index in [1.54, 1.807) is 0 Å². The SMILES string of the molecule is CCN(Cc1cc(CNC)c(C)o1)c1ccccc1. The topological polar surface area (TPSA) is 28.4 Å². The highest BCUT2D eigenvalue weighted by molar-refractivity contribution is 5.46. The van der Waals surface area contributed by atoms with E-state index in [-0.39, 0.29) is 0 Å². The van der Waals surface area contributed by atoms with Gasteiger partial charge in [0.2, 0.25) is 0 Å². The summed E-state index contributed by atoms with van der Waals surface area (Å²) in [7, 11) is 1.95. The summed E-state index contributed by atoms with van der Waals surface area (Å²) in [4.78, 5) is 2.31. The van der Waals surface area contributed by atoms with Gasteiger partial charge >= 0.3 is 0 Å². The van der Waals surface area contributed by atoms with Gasteiger partial charge in [-0.1, -0.05) is 18.2 Å². The molecule has 0 saturated heterocycles. The zero-order valence-electron chi connectivity index (χ0n) is 11.9. The molecule has 0 fully saturated rings. The number of nitrogens with zero attached hydrogens (tertiary/aromatic N) is 1. The molecular weight excluding hydrogens is 236 g/mol. The minimum absolute atomic E-state index is 0.811. The van der Waals surface area contributed by atoms with Gasteiger partial charge in [0.1, 0.15) is 11.5 Å². The minimum atomic E-state index is 0.811. The smallest absolute Gasteiger partial charge is 0.123 e.